The van der Waals surface area contributed by atoms with Crippen LogP contribution in [0.5, 0.6) is 5.75 Å². The van der Waals surface area contributed by atoms with Crippen LogP contribution in [0.3, 0.4) is 0 Å². The van der Waals surface area contributed by atoms with Gasteiger partial charge in [-0.05, 0) is 26.7 Å². The number of carbonyl (C=O) groups is 1. The first-order valence-electron chi connectivity index (χ1n) is 6.76. The van der Waals surface area contributed by atoms with E-state index in [0.717, 1.165) is 25.0 Å². The van der Waals surface area contributed by atoms with Crippen molar-refractivity contribution in [3.63, 3.8) is 0 Å². The van der Waals surface area contributed by atoms with E-state index >= 15 is 0 Å². The Labute approximate surface area is 124 Å². The Morgan fingerprint density at radius 2 is 2.35 bits per heavy atom. The molecular weight excluding hydrogens is 276 g/mol. The summed E-state index contributed by atoms with van der Waals surface area (Å²) in [5.41, 5.74) is 1.01. The van der Waals surface area contributed by atoms with Gasteiger partial charge in [0.2, 0.25) is 5.91 Å². The minimum Gasteiger partial charge on any atom is -0.487 e. The fraction of sp³-hybridized carbons (Fsp3) is 0.467. The summed E-state index contributed by atoms with van der Waals surface area (Å²) in [6.07, 6.45) is 6.73. The summed E-state index contributed by atoms with van der Waals surface area (Å²) in [5.74, 6) is 0.683. The van der Waals surface area contributed by atoms with Crippen LogP contribution in [0.25, 0.3) is 0 Å². The molecule has 1 atom stereocenters. The van der Waals surface area contributed by atoms with Crippen molar-refractivity contribution in [1.29, 1.82) is 0 Å². The third-order valence-electron chi connectivity index (χ3n) is 3.13. The molecule has 1 aliphatic rings. The summed E-state index contributed by atoms with van der Waals surface area (Å²) < 4.78 is 5.88. The van der Waals surface area contributed by atoms with Gasteiger partial charge in [0.05, 0.1) is 6.54 Å². The predicted molar refractivity (Wildman–Crippen MR) is 78.9 cm³/mol. The Bertz CT molecular complexity index is 512. The molecule has 1 saturated heterocycles. The van der Waals surface area contributed by atoms with Gasteiger partial charge in [-0.3, -0.25) is 9.78 Å². The van der Waals surface area contributed by atoms with Crippen LogP contribution in [-0.4, -0.2) is 35.0 Å². The number of allylic oxidation sites excluding steroid dienone is 1. The van der Waals surface area contributed by atoms with Gasteiger partial charge in [-0.2, -0.15) is 0 Å². The second-order valence-electron chi connectivity index (χ2n) is 5.19. The fourth-order valence-electron chi connectivity index (χ4n) is 2.21. The SMILES string of the molecule is CC(C)=CC(=O)N1CCCC(Oc2ccncc2Cl)C1. The molecule has 2 heterocycles. The van der Waals surface area contributed by atoms with E-state index in [-0.39, 0.29) is 12.0 Å². The summed E-state index contributed by atoms with van der Waals surface area (Å²) in [5, 5.41) is 0.500. The molecule has 0 spiro atoms. The third-order valence-corrected chi connectivity index (χ3v) is 3.41. The number of rotatable bonds is 3. The molecular formula is C15H19ClN2O2. The number of nitrogens with zero attached hydrogens (tertiary/aromatic N) is 2. The van der Waals surface area contributed by atoms with Crippen LogP contribution in [0.4, 0.5) is 0 Å². The zero-order valence-corrected chi connectivity index (χ0v) is 12.6. The van der Waals surface area contributed by atoms with Gasteiger partial charge in [0.15, 0.2) is 0 Å². The van der Waals surface area contributed by atoms with E-state index in [4.69, 9.17) is 16.3 Å². The molecule has 0 bridgehead atoms. The lowest BCUT2D eigenvalue weighted by molar-refractivity contribution is -0.128. The first kappa shape index (κ1) is 14.9. The number of ether oxygens (including phenoxy) is 1. The van der Waals surface area contributed by atoms with Gasteiger partial charge in [0, 0.05) is 31.1 Å². The van der Waals surface area contributed by atoms with Crippen molar-refractivity contribution in [2.45, 2.75) is 32.8 Å². The summed E-state index contributed by atoms with van der Waals surface area (Å²) in [6.45, 7) is 5.23. The van der Waals surface area contributed by atoms with Gasteiger partial charge < -0.3 is 9.64 Å². The van der Waals surface area contributed by atoms with E-state index in [1.165, 1.54) is 0 Å². The normalized spacial score (nSPS) is 18.6. The van der Waals surface area contributed by atoms with E-state index in [1.54, 1.807) is 24.5 Å². The molecule has 0 N–H and O–H groups in total. The average molecular weight is 295 g/mol. The third kappa shape index (κ3) is 3.97. The number of pyridine rings is 1. The summed E-state index contributed by atoms with van der Waals surface area (Å²) >= 11 is 6.03. The Balaban J connectivity index is 1.99. The smallest absolute Gasteiger partial charge is 0.246 e. The van der Waals surface area contributed by atoms with E-state index in [1.807, 2.05) is 18.7 Å². The van der Waals surface area contributed by atoms with Crippen LogP contribution in [0, 0.1) is 0 Å². The molecule has 20 heavy (non-hydrogen) atoms. The Morgan fingerprint density at radius 1 is 1.55 bits per heavy atom. The predicted octanol–water partition coefficient (Wildman–Crippen LogP) is 3.07. The molecule has 1 unspecified atom stereocenters. The van der Waals surface area contributed by atoms with Crippen molar-refractivity contribution >= 4 is 17.5 Å². The molecule has 0 aliphatic carbocycles. The maximum absolute atomic E-state index is 12.0. The lowest BCUT2D eigenvalue weighted by Crippen LogP contribution is -2.43. The second-order valence-corrected chi connectivity index (χ2v) is 5.60. The molecule has 1 aromatic rings. The minimum absolute atomic E-state index is 0.0156. The Kier molecular flexibility index (Phi) is 5.01. The summed E-state index contributed by atoms with van der Waals surface area (Å²) in [6, 6.07) is 1.75. The van der Waals surface area contributed by atoms with Crippen LogP contribution in [0.1, 0.15) is 26.7 Å². The van der Waals surface area contributed by atoms with E-state index in [2.05, 4.69) is 4.98 Å². The van der Waals surface area contributed by atoms with Gasteiger partial charge in [-0.1, -0.05) is 17.2 Å². The molecule has 2 rings (SSSR count). The van der Waals surface area contributed by atoms with Gasteiger partial charge in [-0.25, -0.2) is 0 Å². The number of piperidine rings is 1. The number of halogens is 1. The van der Waals surface area contributed by atoms with Gasteiger partial charge in [-0.15, -0.1) is 0 Å². The van der Waals surface area contributed by atoms with Crippen LogP contribution in [0.15, 0.2) is 30.1 Å². The maximum atomic E-state index is 12.0. The quantitative estimate of drug-likeness (QED) is 0.805. The summed E-state index contributed by atoms with van der Waals surface area (Å²) in [4.78, 5) is 17.8. The lowest BCUT2D eigenvalue weighted by Gasteiger charge is -2.32. The van der Waals surface area contributed by atoms with Crippen LogP contribution < -0.4 is 4.74 Å². The van der Waals surface area contributed by atoms with Gasteiger partial charge in [0.1, 0.15) is 16.9 Å². The van der Waals surface area contributed by atoms with Crippen molar-refractivity contribution < 1.29 is 9.53 Å². The average Bonchev–Trinajstić information content (AvgIpc) is 2.41. The molecule has 4 nitrogen and oxygen atoms in total. The zero-order valence-electron chi connectivity index (χ0n) is 11.8. The molecule has 108 valence electrons. The molecule has 0 aromatic carbocycles. The van der Waals surface area contributed by atoms with Gasteiger partial charge >= 0.3 is 0 Å². The molecule has 5 heteroatoms. The van der Waals surface area contributed by atoms with Gasteiger partial charge in [0.25, 0.3) is 0 Å². The number of carbonyl (C=O) groups excluding carboxylic acids is 1. The van der Waals surface area contributed by atoms with Crippen LogP contribution in [0.2, 0.25) is 5.02 Å². The monoisotopic (exact) mass is 294 g/mol. The highest BCUT2D eigenvalue weighted by atomic mass is 35.5. The standard InChI is InChI=1S/C15H19ClN2O2/c1-11(2)8-15(19)18-7-3-4-12(10-18)20-14-5-6-17-9-13(14)16/h5-6,8-9,12H,3-4,7,10H2,1-2H3. The molecule has 1 amide bonds. The van der Waals surface area contributed by atoms with E-state index in [9.17, 15) is 4.79 Å². The Morgan fingerprint density at radius 3 is 3.05 bits per heavy atom. The maximum Gasteiger partial charge on any atom is 0.246 e. The molecule has 1 aromatic heterocycles. The van der Waals surface area contributed by atoms with Crippen molar-refractivity contribution in [2.24, 2.45) is 0 Å². The fourth-order valence-corrected chi connectivity index (χ4v) is 2.37. The molecule has 1 fully saturated rings. The van der Waals surface area contributed by atoms with E-state index in [0.29, 0.717) is 17.3 Å². The van der Waals surface area contributed by atoms with Crippen molar-refractivity contribution in [3.8, 4) is 5.75 Å². The number of likely N-dealkylation sites (tertiary alicyclic amines) is 1. The number of hydrogen-bond donors (Lipinski definition) is 0. The zero-order chi connectivity index (χ0) is 14.5. The van der Waals surface area contributed by atoms with Crippen molar-refractivity contribution in [1.82, 2.24) is 9.88 Å². The Hall–Kier alpha value is -1.55. The molecule has 0 radical (unpaired) electrons. The van der Waals surface area contributed by atoms with Crippen molar-refractivity contribution in [3.05, 3.63) is 35.1 Å². The minimum atomic E-state index is -0.0156. The second kappa shape index (κ2) is 6.75. The van der Waals surface area contributed by atoms with E-state index < -0.39 is 0 Å². The van der Waals surface area contributed by atoms with Crippen LogP contribution in [-0.2, 0) is 4.79 Å². The molecule has 1 aliphatic heterocycles. The largest absolute Gasteiger partial charge is 0.487 e. The molecule has 0 saturated carbocycles. The summed E-state index contributed by atoms with van der Waals surface area (Å²) in [7, 11) is 0. The highest BCUT2D eigenvalue weighted by Gasteiger charge is 2.24. The van der Waals surface area contributed by atoms with Crippen LogP contribution >= 0.6 is 11.6 Å². The number of amides is 1. The first-order chi connectivity index (χ1) is 9.56. The first-order valence-corrected chi connectivity index (χ1v) is 7.14. The number of hydrogen-bond acceptors (Lipinski definition) is 3. The van der Waals surface area contributed by atoms with Crippen molar-refractivity contribution in [2.75, 3.05) is 13.1 Å². The number of aromatic nitrogens is 1. The lowest BCUT2D eigenvalue weighted by atomic mass is 10.1. The highest BCUT2D eigenvalue weighted by Crippen LogP contribution is 2.25. The highest BCUT2D eigenvalue weighted by molar-refractivity contribution is 6.31. The topological polar surface area (TPSA) is 42.4 Å².